The molecule has 1 aromatic heterocycles. The van der Waals surface area contributed by atoms with Crippen LogP contribution >= 0.6 is 0 Å². The average molecular weight is 631 g/mol. The van der Waals surface area contributed by atoms with Crippen LogP contribution in [0.25, 0.3) is 10.9 Å². The highest BCUT2D eigenvalue weighted by Crippen LogP contribution is 2.31. The van der Waals surface area contributed by atoms with E-state index in [1.807, 2.05) is 46.2 Å². The van der Waals surface area contributed by atoms with Crippen LogP contribution in [-0.4, -0.2) is 105 Å². The molecule has 0 saturated carbocycles. The van der Waals surface area contributed by atoms with E-state index in [0.717, 1.165) is 4.90 Å². The highest BCUT2D eigenvalue weighted by Gasteiger charge is 2.47. The monoisotopic (exact) mass is 630 g/mol. The molecule has 0 spiro atoms. The fourth-order valence-electron chi connectivity index (χ4n) is 4.44. The Labute approximate surface area is 263 Å². The molecule has 1 aliphatic rings. The summed E-state index contributed by atoms with van der Waals surface area (Å²) >= 11 is 0. The lowest BCUT2D eigenvalue weighted by molar-refractivity contribution is -0.890. The van der Waals surface area contributed by atoms with Gasteiger partial charge in [-0.2, -0.15) is 5.26 Å². The van der Waals surface area contributed by atoms with Crippen molar-refractivity contribution in [1.29, 1.82) is 5.26 Å². The smallest absolute Gasteiger partial charge is 0.268 e. The number of likely N-dealkylation sites (N-methyl/N-ethyl adjacent to an activating group) is 1. The number of likely N-dealkylation sites (tertiary alicyclic amines) is 1. The Morgan fingerprint density at radius 1 is 1.24 bits per heavy atom. The zero-order valence-electron chi connectivity index (χ0n) is 26.4. The van der Waals surface area contributed by atoms with Crippen LogP contribution in [0, 0.1) is 11.3 Å². The van der Waals surface area contributed by atoms with Crippen molar-refractivity contribution in [3.05, 3.63) is 72.5 Å². The predicted octanol–water partition coefficient (Wildman–Crippen LogP) is 4.86. The van der Waals surface area contributed by atoms with Gasteiger partial charge < -0.3 is 24.2 Å². The number of nitriles is 1. The maximum Gasteiger partial charge on any atom is 0.268 e. The van der Waals surface area contributed by atoms with E-state index in [9.17, 15) is 22.8 Å². The molecule has 1 saturated heterocycles. The fraction of sp³-hybridized carbons (Fsp3) is 0.455. The molecule has 2 aromatic rings. The first-order valence-electron chi connectivity index (χ1n) is 14.6. The largest absolute Gasteiger partial charge is 0.491 e. The number of allylic oxidation sites excluding steroid dienone is 5. The topological polar surface area (TPSA) is 105 Å². The van der Waals surface area contributed by atoms with Crippen molar-refractivity contribution in [3.63, 3.8) is 0 Å². The molecule has 1 N–H and O–H groups in total. The van der Waals surface area contributed by atoms with Crippen molar-refractivity contribution in [2.45, 2.75) is 32.2 Å². The number of rotatable bonds is 14. The summed E-state index contributed by atoms with van der Waals surface area (Å²) in [4.78, 5) is 30.2. The lowest BCUT2D eigenvalue weighted by Gasteiger charge is -2.28. The minimum Gasteiger partial charge on any atom is -0.491 e. The molecule has 2 heterocycles. The number of nitrogens with zero attached hydrogens (tertiary/aromatic N) is 4. The Morgan fingerprint density at radius 3 is 2.67 bits per heavy atom. The quantitative estimate of drug-likeness (QED) is 0.182. The molecule has 1 atom stereocenters. The summed E-state index contributed by atoms with van der Waals surface area (Å²) in [5.74, 6) is -3.99. The number of aromatic nitrogens is 1. The number of alkyl halides is 3. The van der Waals surface area contributed by atoms with Crippen molar-refractivity contribution in [1.82, 2.24) is 15.2 Å². The summed E-state index contributed by atoms with van der Waals surface area (Å²) in [6.45, 7) is 8.00. The number of ether oxygens (including phenoxy) is 2. The number of fused-ring (bicyclic) bond motifs is 1. The van der Waals surface area contributed by atoms with Gasteiger partial charge >= 0.3 is 0 Å². The number of nitrogens with one attached hydrogen (secondary N) is 1. The van der Waals surface area contributed by atoms with Crippen molar-refractivity contribution in [2.24, 2.45) is 0 Å². The number of hydrogen-bond acceptors (Lipinski definition) is 6. The molecule has 244 valence electrons. The summed E-state index contributed by atoms with van der Waals surface area (Å²) in [6, 6.07) is 7.00. The van der Waals surface area contributed by atoms with E-state index in [4.69, 9.17) is 14.7 Å². The van der Waals surface area contributed by atoms with E-state index in [0.29, 0.717) is 47.4 Å². The lowest BCUT2D eigenvalue weighted by atomic mass is 10.1. The fourth-order valence-corrected chi connectivity index (χ4v) is 4.44. The second-order valence-electron chi connectivity index (χ2n) is 11.1. The number of benzene rings is 1. The molecule has 12 heteroatoms. The van der Waals surface area contributed by atoms with Crippen LogP contribution in [0.5, 0.6) is 5.75 Å². The molecule has 9 nitrogen and oxygen atoms in total. The Kier molecular flexibility index (Phi) is 14.7. The lowest BCUT2D eigenvalue weighted by Crippen LogP contribution is -2.43. The van der Waals surface area contributed by atoms with Crippen LogP contribution < -0.4 is 10.1 Å². The molecular formula is C33H43F3N5O4+. The third-order valence-electron chi connectivity index (χ3n) is 6.93. The molecule has 1 fully saturated rings. The number of hydrogen-bond donors (Lipinski definition) is 1. The van der Waals surface area contributed by atoms with Crippen LogP contribution in [0.3, 0.4) is 0 Å². The summed E-state index contributed by atoms with van der Waals surface area (Å²) < 4.78 is 51.6. The first-order valence-corrected chi connectivity index (χ1v) is 14.6. The maximum absolute atomic E-state index is 13.6. The molecular weight excluding hydrogens is 587 g/mol. The van der Waals surface area contributed by atoms with Crippen molar-refractivity contribution >= 4 is 22.7 Å². The third kappa shape index (κ3) is 12.4. The molecule has 45 heavy (non-hydrogen) atoms. The number of carbonyl (C=O) groups is 2. The van der Waals surface area contributed by atoms with Gasteiger partial charge in [-0.1, -0.05) is 36.5 Å². The minimum absolute atomic E-state index is 0.232. The molecule has 0 radical (unpaired) electrons. The van der Waals surface area contributed by atoms with E-state index >= 15 is 0 Å². The second-order valence-corrected chi connectivity index (χ2v) is 11.1. The zero-order valence-corrected chi connectivity index (χ0v) is 26.4. The van der Waals surface area contributed by atoms with Gasteiger partial charge in [-0.25, -0.2) is 13.2 Å². The highest BCUT2D eigenvalue weighted by atomic mass is 19.3. The van der Waals surface area contributed by atoms with Crippen LogP contribution in [-0.2, 0) is 9.53 Å². The second kappa shape index (κ2) is 17.9. The number of pyridine rings is 1. The predicted molar refractivity (Wildman–Crippen MR) is 168 cm³/mol. The van der Waals surface area contributed by atoms with Gasteiger partial charge in [-0.3, -0.25) is 14.6 Å². The first-order chi connectivity index (χ1) is 21.4. The van der Waals surface area contributed by atoms with Crippen molar-refractivity contribution in [2.75, 3.05) is 66.8 Å². The summed E-state index contributed by atoms with van der Waals surface area (Å²) in [5, 5.41) is 12.0. The molecule has 3 rings (SSSR count). The van der Waals surface area contributed by atoms with Gasteiger partial charge in [0.15, 0.2) is 0 Å². The number of amides is 2. The highest BCUT2D eigenvalue weighted by molar-refractivity contribution is 6.07. The van der Waals surface area contributed by atoms with Gasteiger partial charge in [-0.15, -0.1) is 0 Å². The Bertz CT molecular complexity index is 1400. The average Bonchev–Trinajstić information content (AvgIpc) is 3.32. The van der Waals surface area contributed by atoms with E-state index in [2.05, 4.69) is 16.9 Å². The molecule has 0 bridgehead atoms. The van der Waals surface area contributed by atoms with Gasteiger partial charge in [0.25, 0.3) is 11.8 Å². The molecule has 0 aliphatic carbocycles. The third-order valence-corrected chi connectivity index (χ3v) is 6.93. The maximum atomic E-state index is 13.6. The Balaban J connectivity index is 0.000000777. The number of carbonyl (C=O) groups excluding carboxylic acids is 2. The van der Waals surface area contributed by atoms with Crippen LogP contribution in [0.15, 0.2) is 66.9 Å². The van der Waals surface area contributed by atoms with Crippen molar-refractivity contribution < 1.29 is 36.7 Å². The zero-order chi connectivity index (χ0) is 33.5. The van der Waals surface area contributed by atoms with Gasteiger partial charge in [0.2, 0.25) is 5.91 Å². The van der Waals surface area contributed by atoms with Crippen LogP contribution in [0.1, 0.15) is 30.6 Å². The normalized spacial score (nSPS) is 16.2. The molecule has 1 aromatic carbocycles. The summed E-state index contributed by atoms with van der Waals surface area (Å²) in [7, 11) is 3.86. The van der Waals surface area contributed by atoms with Gasteiger partial charge in [0.1, 0.15) is 38.2 Å². The SMILES string of the molecule is C=C/C=C(C)\C=C/C.C[N+](C)(CCF)CCOCCOc1ccc2nccc(C(=O)NCC(=O)N3CC(F)(F)CC3C#N)c2c1. The molecule has 2 amide bonds. The summed E-state index contributed by atoms with van der Waals surface area (Å²) in [6.07, 6.45) is 8.54. The van der Waals surface area contributed by atoms with E-state index in [1.165, 1.54) is 17.8 Å². The van der Waals surface area contributed by atoms with E-state index in [-0.39, 0.29) is 18.8 Å². The summed E-state index contributed by atoms with van der Waals surface area (Å²) in [5.41, 5.74) is 2.00. The van der Waals surface area contributed by atoms with Gasteiger partial charge in [0.05, 0.1) is 57.5 Å². The number of halogens is 3. The van der Waals surface area contributed by atoms with Gasteiger partial charge in [0, 0.05) is 18.0 Å². The molecule has 1 aliphatic heterocycles. The minimum atomic E-state index is -3.13. The van der Waals surface area contributed by atoms with E-state index in [1.54, 1.807) is 30.3 Å². The first kappa shape index (κ1) is 37.0. The molecule has 1 unspecified atom stereocenters. The number of quaternary nitrogens is 1. The van der Waals surface area contributed by atoms with Crippen molar-refractivity contribution in [3.8, 4) is 11.8 Å². The standard InChI is InChI=1S/C25H30F3N5O4.C8H12/c1-33(2,8-6-26)9-10-36-11-12-37-19-3-4-22-21(13-19)20(5-7-30-22)24(35)31-16-23(34)32-17-25(27,28)14-18(32)15-29;1-4-6-8(3)7-5-2/h3-5,7,13,18H,6,8-12,14,16-17H2,1-2H3;4-7H,1H2,2-3H3/p+1/b;7-5-,8-6-. The van der Waals surface area contributed by atoms with Crippen LogP contribution in [0.4, 0.5) is 13.2 Å². The Hall–Kier alpha value is -4.21. The Morgan fingerprint density at radius 2 is 2.00 bits per heavy atom. The van der Waals surface area contributed by atoms with Gasteiger partial charge in [-0.05, 0) is 38.1 Å². The van der Waals surface area contributed by atoms with E-state index < -0.39 is 43.3 Å². The van der Waals surface area contributed by atoms with Crippen LogP contribution in [0.2, 0.25) is 0 Å².